The number of hydrogen-bond donors (Lipinski definition) is 1. The Bertz CT molecular complexity index is 629. The molecule has 1 saturated heterocycles. The van der Waals surface area contributed by atoms with Crippen LogP contribution < -0.4 is 0 Å². The maximum absolute atomic E-state index is 13.6. The number of likely N-dealkylation sites (N-methyl/N-ethyl adjacent to an activating group) is 1. The summed E-state index contributed by atoms with van der Waals surface area (Å²) in [5.41, 5.74) is 1.18. The van der Waals surface area contributed by atoms with Crippen molar-refractivity contribution in [2.45, 2.75) is 0 Å². The summed E-state index contributed by atoms with van der Waals surface area (Å²) in [4.78, 5) is 19.8. The van der Waals surface area contributed by atoms with E-state index in [-0.39, 0.29) is 11.6 Å². The van der Waals surface area contributed by atoms with Gasteiger partial charge in [-0.3, -0.25) is 9.69 Å². The highest BCUT2D eigenvalue weighted by Crippen LogP contribution is 2.21. The monoisotopic (exact) mass is 275 g/mol. The molecule has 0 amide bonds. The molecular weight excluding hydrogens is 257 g/mol. The average Bonchev–Trinajstić information content (AvgIpc) is 2.92. The Morgan fingerprint density at radius 1 is 1.25 bits per heavy atom. The average molecular weight is 275 g/mol. The van der Waals surface area contributed by atoms with Crippen LogP contribution in [-0.2, 0) is 0 Å². The SMILES string of the molecule is CN1CCN(CC(=O)c2ccc(F)c3cc[nH]c23)CC1. The van der Waals surface area contributed by atoms with Crippen LogP contribution in [0.5, 0.6) is 0 Å². The summed E-state index contributed by atoms with van der Waals surface area (Å²) in [6.45, 7) is 4.16. The molecule has 0 radical (unpaired) electrons. The van der Waals surface area contributed by atoms with Crippen molar-refractivity contribution in [3.05, 3.63) is 35.8 Å². The summed E-state index contributed by atoms with van der Waals surface area (Å²) in [5.74, 6) is -0.251. The van der Waals surface area contributed by atoms with Crippen LogP contribution in [0.1, 0.15) is 10.4 Å². The fourth-order valence-electron chi connectivity index (χ4n) is 2.65. The highest BCUT2D eigenvalue weighted by Gasteiger charge is 2.19. The molecule has 0 bridgehead atoms. The van der Waals surface area contributed by atoms with Crippen LogP contribution in [0.15, 0.2) is 24.4 Å². The molecule has 1 fully saturated rings. The molecule has 1 aliphatic rings. The molecule has 1 aliphatic heterocycles. The Balaban J connectivity index is 1.79. The van der Waals surface area contributed by atoms with Crippen molar-refractivity contribution in [3.63, 3.8) is 0 Å². The number of carbonyl (C=O) groups excluding carboxylic acids is 1. The zero-order chi connectivity index (χ0) is 14.1. The number of hydrogen-bond acceptors (Lipinski definition) is 3. The Hall–Kier alpha value is -1.72. The minimum atomic E-state index is -0.294. The van der Waals surface area contributed by atoms with Crippen molar-refractivity contribution >= 4 is 16.7 Å². The second kappa shape index (κ2) is 5.34. The third-order valence-electron chi connectivity index (χ3n) is 3.93. The van der Waals surface area contributed by atoms with E-state index in [4.69, 9.17) is 0 Å². The maximum Gasteiger partial charge on any atom is 0.178 e. The van der Waals surface area contributed by atoms with E-state index in [2.05, 4.69) is 21.8 Å². The van der Waals surface area contributed by atoms with E-state index in [1.807, 2.05) is 0 Å². The summed E-state index contributed by atoms with van der Waals surface area (Å²) < 4.78 is 13.6. The number of halogens is 1. The van der Waals surface area contributed by atoms with Gasteiger partial charge in [0.25, 0.3) is 0 Å². The minimum Gasteiger partial charge on any atom is -0.360 e. The van der Waals surface area contributed by atoms with Crippen LogP contribution in [-0.4, -0.2) is 60.3 Å². The van der Waals surface area contributed by atoms with Crippen molar-refractivity contribution < 1.29 is 9.18 Å². The van der Waals surface area contributed by atoms with E-state index < -0.39 is 0 Å². The van der Waals surface area contributed by atoms with Crippen molar-refractivity contribution in [2.75, 3.05) is 39.8 Å². The summed E-state index contributed by atoms with van der Waals surface area (Å²) in [6, 6.07) is 4.61. The first-order chi connectivity index (χ1) is 9.65. The molecule has 20 heavy (non-hydrogen) atoms. The number of nitrogens with one attached hydrogen (secondary N) is 1. The molecule has 1 N–H and O–H groups in total. The molecule has 4 nitrogen and oxygen atoms in total. The van der Waals surface area contributed by atoms with E-state index in [0.29, 0.717) is 23.0 Å². The Labute approximate surface area is 117 Å². The molecule has 0 aliphatic carbocycles. The molecule has 0 saturated carbocycles. The van der Waals surface area contributed by atoms with Gasteiger partial charge in [0.1, 0.15) is 5.82 Å². The third kappa shape index (κ3) is 2.46. The second-order valence-corrected chi connectivity index (χ2v) is 5.36. The number of aromatic nitrogens is 1. The third-order valence-corrected chi connectivity index (χ3v) is 3.93. The van der Waals surface area contributed by atoms with Gasteiger partial charge in [-0.05, 0) is 25.2 Å². The van der Waals surface area contributed by atoms with Crippen LogP contribution in [0.3, 0.4) is 0 Å². The topological polar surface area (TPSA) is 39.3 Å². The molecule has 3 rings (SSSR count). The maximum atomic E-state index is 13.6. The van der Waals surface area contributed by atoms with Crippen LogP contribution in [0.4, 0.5) is 4.39 Å². The van der Waals surface area contributed by atoms with E-state index in [0.717, 1.165) is 26.2 Å². The van der Waals surface area contributed by atoms with Crippen molar-refractivity contribution in [1.29, 1.82) is 0 Å². The summed E-state index contributed by atoms with van der Waals surface area (Å²) >= 11 is 0. The molecule has 2 heterocycles. The standard InChI is InChI=1S/C15H18FN3O/c1-18-6-8-19(9-7-18)10-14(20)12-2-3-13(16)11-4-5-17-15(11)12/h2-5,17H,6-10H2,1H3. The zero-order valence-electron chi connectivity index (χ0n) is 11.5. The largest absolute Gasteiger partial charge is 0.360 e. The fourth-order valence-corrected chi connectivity index (χ4v) is 2.65. The molecule has 1 aromatic carbocycles. The van der Waals surface area contributed by atoms with Crippen LogP contribution in [0.25, 0.3) is 10.9 Å². The smallest absolute Gasteiger partial charge is 0.178 e. The van der Waals surface area contributed by atoms with Gasteiger partial charge in [-0.15, -0.1) is 0 Å². The van der Waals surface area contributed by atoms with Gasteiger partial charge in [-0.25, -0.2) is 4.39 Å². The van der Waals surface area contributed by atoms with Gasteiger partial charge in [-0.1, -0.05) is 0 Å². The lowest BCUT2D eigenvalue weighted by molar-refractivity contribution is 0.0878. The van der Waals surface area contributed by atoms with Gasteiger partial charge in [0.15, 0.2) is 5.78 Å². The Kier molecular flexibility index (Phi) is 3.54. The number of rotatable bonds is 3. The van der Waals surface area contributed by atoms with Gasteiger partial charge >= 0.3 is 0 Å². The molecule has 2 aromatic rings. The van der Waals surface area contributed by atoms with Crippen molar-refractivity contribution in [2.24, 2.45) is 0 Å². The zero-order valence-corrected chi connectivity index (χ0v) is 11.5. The first-order valence-corrected chi connectivity index (χ1v) is 6.85. The fraction of sp³-hybridized carbons (Fsp3) is 0.400. The summed E-state index contributed by atoms with van der Waals surface area (Å²) in [6.07, 6.45) is 1.67. The van der Waals surface area contributed by atoms with E-state index in [9.17, 15) is 9.18 Å². The van der Waals surface area contributed by atoms with Crippen LogP contribution >= 0.6 is 0 Å². The second-order valence-electron chi connectivity index (χ2n) is 5.36. The number of piperazine rings is 1. The Morgan fingerprint density at radius 3 is 2.75 bits per heavy atom. The van der Waals surface area contributed by atoms with Crippen molar-refractivity contribution in [1.82, 2.24) is 14.8 Å². The van der Waals surface area contributed by atoms with Crippen LogP contribution in [0, 0.1) is 5.82 Å². The molecule has 1 aromatic heterocycles. The predicted molar refractivity (Wildman–Crippen MR) is 76.5 cm³/mol. The van der Waals surface area contributed by atoms with Gasteiger partial charge in [-0.2, -0.15) is 0 Å². The lowest BCUT2D eigenvalue weighted by Crippen LogP contribution is -2.46. The van der Waals surface area contributed by atoms with E-state index in [1.165, 1.54) is 6.07 Å². The molecule has 5 heteroatoms. The van der Waals surface area contributed by atoms with Gasteiger partial charge in [0.05, 0.1) is 12.1 Å². The first-order valence-electron chi connectivity index (χ1n) is 6.85. The number of carbonyl (C=O) groups is 1. The minimum absolute atomic E-state index is 0.0435. The van der Waals surface area contributed by atoms with Crippen LogP contribution in [0.2, 0.25) is 0 Å². The number of fused-ring (bicyclic) bond motifs is 1. The number of aromatic amines is 1. The van der Waals surface area contributed by atoms with Crippen molar-refractivity contribution in [3.8, 4) is 0 Å². The molecule has 0 atom stereocenters. The molecule has 0 spiro atoms. The number of Topliss-reactive ketones (excluding diaryl/α,β-unsaturated/α-hetero) is 1. The van der Waals surface area contributed by atoms with Gasteiger partial charge in [0.2, 0.25) is 0 Å². The lowest BCUT2D eigenvalue weighted by Gasteiger charge is -2.31. The Morgan fingerprint density at radius 2 is 2.00 bits per heavy atom. The normalized spacial score (nSPS) is 17.7. The van der Waals surface area contributed by atoms with E-state index in [1.54, 1.807) is 18.3 Å². The summed E-state index contributed by atoms with van der Waals surface area (Å²) in [7, 11) is 2.08. The predicted octanol–water partition coefficient (Wildman–Crippen LogP) is 1.74. The molecule has 106 valence electrons. The van der Waals surface area contributed by atoms with E-state index >= 15 is 0 Å². The molecular formula is C15H18FN3O. The molecule has 0 unspecified atom stereocenters. The lowest BCUT2D eigenvalue weighted by atomic mass is 10.1. The number of benzene rings is 1. The number of ketones is 1. The number of H-pyrrole nitrogens is 1. The van der Waals surface area contributed by atoms with Gasteiger partial charge < -0.3 is 9.88 Å². The highest BCUT2D eigenvalue weighted by molar-refractivity contribution is 6.07. The van der Waals surface area contributed by atoms with Gasteiger partial charge in [0, 0.05) is 43.3 Å². The number of nitrogens with zero attached hydrogens (tertiary/aromatic N) is 2. The highest BCUT2D eigenvalue weighted by atomic mass is 19.1. The summed E-state index contributed by atoms with van der Waals surface area (Å²) in [5, 5.41) is 0.481. The first kappa shape index (κ1) is 13.3. The quantitative estimate of drug-likeness (QED) is 0.867.